The van der Waals surface area contributed by atoms with E-state index >= 15 is 0 Å². The fourth-order valence-corrected chi connectivity index (χ4v) is 2.48. The van der Waals surface area contributed by atoms with Crippen LogP contribution in [0.4, 0.5) is 0 Å². The number of terminal acetylenes is 1. The van der Waals surface area contributed by atoms with E-state index in [-0.39, 0.29) is 0 Å². The van der Waals surface area contributed by atoms with Crippen molar-refractivity contribution in [2.24, 2.45) is 0 Å². The van der Waals surface area contributed by atoms with Crippen molar-refractivity contribution in [3.63, 3.8) is 0 Å². The van der Waals surface area contributed by atoms with Crippen LogP contribution < -0.4 is 0 Å². The normalized spacial score (nSPS) is 13.7. The van der Waals surface area contributed by atoms with Crippen molar-refractivity contribution in [3.05, 3.63) is 72.0 Å². The molecular weight excluding hydrogens is 260 g/mol. The second-order valence-corrected chi connectivity index (χ2v) is 5.12. The number of aliphatic hydroxyl groups is 1. The molecule has 0 radical (unpaired) electrons. The Labute approximate surface area is 124 Å². The van der Waals surface area contributed by atoms with Crippen LogP contribution in [0.2, 0.25) is 0 Å². The molecule has 2 heteroatoms. The molecule has 1 N–H and O–H groups in total. The minimum Gasteiger partial charge on any atom is -0.461 e. The Morgan fingerprint density at radius 2 is 1.76 bits per heavy atom. The van der Waals surface area contributed by atoms with Crippen LogP contribution in [0, 0.1) is 12.3 Å². The van der Waals surface area contributed by atoms with E-state index in [0.717, 1.165) is 22.3 Å². The first-order chi connectivity index (χ1) is 10.2. The number of para-hydroxylation sites is 1. The topological polar surface area (TPSA) is 33.4 Å². The number of hydrogen-bond donors (Lipinski definition) is 1. The molecular formula is C19H16O2. The maximum Gasteiger partial charge on any atom is 0.151 e. The lowest BCUT2D eigenvalue weighted by molar-refractivity contribution is 0.0892. The van der Waals surface area contributed by atoms with Crippen LogP contribution in [-0.4, -0.2) is 5.11 Å². The van der Waals surface area contributed by atoms with Crippen molar-refractivity contribution in [1.82, 2.24) is 0 Å². The van der Waals surface area contributed by atoms with E-state index < -0.39 is 5.60 Å². The van der Waals surface area contributed by atoms with Crippen molar-refractivity contribution in [2.45, 2.75) is 18.4 Å². The number of fused-ring (bicyclic) bond motifs is 1. The van der Waals surface area contributed by atoms with Gasteiger partial charge in [0.1, 0.15) is 11.3 Å². The van der Waals surface area contributed by atoms with Crippen molar-refractivity contribution in [2.75, 3.05) is 0 Å². The van der Waals surface area contributed by atoms with Gasteiger partial charge in [-0.15, -0.1) is 6.42 Å². The molecule has 0 aliphatic heterocycles. The summed E-state index contributed by atoms with van der Waals surface area (Å²) in [5.41, 5.74) is 0.334. The number of aryl methyl sites for hydroxylation is 1. The molecule has 0 fully saturated rings. The van der Waals surface area contributed by atoms with Gasteiger partial charge in [-0.1, -0.05) is 54.5 Å². The number of benzene rings is 2. The largest absolute Gasteiger partial charge is 0.461 e. The Kier molecular flexibility index (Phi) is 3.51. The Balaban J connectivity index is 1.81. The van der Waals surface area contributed by atoms with Gasteiger partial charge in [0.2, 0.25) is 0 Å². The lowest BCUT2D eigenvalue weighted by atomic mass is 9.89. The quantitative estimate of drug-likeness (QED) is 0.733. The molecule has 0 saturated heterocycles. The molecule has 1 atom stereocenters. The molecule has 1 aromatic heterocycles. The maximum atomic E-state index is 10.6. The summed E-state index contributed by atoms with van der Waals surface area (Å²) >= 11 is 0. The second-order valence-electron chi connectivity index (χ2n) is 5.12. The molecule has 0 aliphatic carbocycles. The average molecular weight is 276 g/mol. The maximum absolute atomic E-state index is 10.6. The molecule has 0 amide bonds. The van der Waals surface area contributed by atoms with Gasteiger partial charge in [0.15, 0.2) is 5.60 Å². The monoisotopic (exact) mass is 276 g/mol. The molecule has 0 saturated carbocycles. The fourth-order valence-electron chi connectivity index (χ4n) is 2.48. The minimum atomic E-state index is -1.26. The smallest absolute Gasteiger partial charge is 0.151 e. The zero-order chi connectivity index (χ0) is 14.7. The van der Waals surface area contributed by atoms with Gasteiger partial charge in [0.25, 0.3) is 0 Å². The molecule has 2 nitrogen and oxygen atoms in total. The Bertz CT molecular complexity index is 747. The molecule has 3 rings (SSSR count). The zero-order valence-corrected chi connectivity index (χ0v) is 11.6. The summed E-state index contributed by atoms with van der Waals surface area (Å²) in [7, 11) is 0. The molecule has 0 bridgehead atoms. The van der Waals surface area contributed by atoms with Gasteiger partial charge < -0.3 is 9.52 Å². The average Bonchev–Trinajstić information content (AvgIpc) is 2.96. The van der Waals surface area contributed by atoms with Crippen molar-refractivity contribution in [1.29, 1.82) is 0 Å². The van der Waals surface area contributed by atoms with E-state index in [4.69, 9.17) is 10.8 Å². The molecule has 3 aromatic rings. The lowest BCUT2D eigenvalue weighted by Gasteiger charge is -2.22. The minimum absolute atomic E-state index is 0.424. The second kappa shape index (κ2) is 5.47. The highest BCUT2D eigenvalue weighted by Gasteiger charge is 2.26. The molecule has 104 valence electrons. The fraction of sp³-hybridized carbons (Fsp3) is 0.158. The van der Waals surface area contributed by atoms with Gasteiger partial charge in [-0.2, -0.15) is 0 Å². The predicted octanol–water partition coefficient (Wildman–Crippen LogP) is 3.89. The van der Waals surface area contributed by atoms with E-state index in [1.807, 2.05) is 60.7 Å². The molecule has 2 aromatic carbocycles. The van der Waals surface area contributed by atoms with Gasteiger partial charge in [-0.25, -0.2) is 0 Å². The third kappa shape index (κ3) is 2.69. The van der Waals surface area contributed by atoms with E-state index in [0.29, 0.717) is 12.8 Å². The Morgan fingerprint density at radius 1 is 1.05 bits per heavy atom. The van der Waals surface area contributed by atoms with E-state index in [2.05, 4.69) is 5.92 Å². The van der Waals surface area contributed by atoms with Crippen LogP contribution in [-0.2, 0) is 12.0 Å². The van der Waals surface area contributed by atoms with E-state index in [1.54, 1.807) is 0 Å². The first-order valence-corrected chi connectivity index (χ1v) is 6.94. The van der Waals surface area contributed by atoms with Crippen LogP contribution in [0.3, 0.4) is 0 Å². The van der Waals surface area contributed by atoms with Crippen molar-refractivity contribution >= 4 is 11.0 Å². The first kappa shape index (κ1) is 13.5. The summed E-state index contributed by atoms with van der Waals surface area (Å²) in [6.45, 7) is 0. The van der Waals surface area contributed by atoms with Gasteiger partial charge in [0, 0.05) is 11.8 Å². The van der Waals surface area contributed by atoms with Gasteiger partial charge in [-0.3, -0.25) is 0 Å². The summed E-state index contributed by atoms with van der Waals surface area (Å²) in [6, 6.07) is 19.2. The van der Waals surface area contributed by atoms with E-state index in [9.17, 15) is 5.11 Å². The molecule has 0 spiro atoms. The lowest BCUT2D eigenvalue weighted by Crippen LogP contribution is -2.24. The van der Waals surface area contributed by atoms with Gasteiger partial charge in [0.05, 0.1) is 0 Å². The van der Waals surface area contributed by atoms with Crippen LogP contribution in [0.25, 0.3) is 11.0 Å². The summed E-state index contributed by atoms with van der Waals surface area (Å²) in [5, 5.41) is 11.7. The third-order valence-electron chi connectivity index (χ3n) is 3.70. The van der Waals surface area contributed by atoms with Crippen LogP contribution in [0.1, 0.15) is 17.7 Å². The van der Waals surface area contributed by atoms with Crippen molar-refractivity contribution < 1.29 is 9.52 Å². The van der Waals surface area contributed by atoms with Gasteiger partial charge in [-0.05, 0) is 24.1 Å². The third-order valence-corrected chi connectivity index (χ3v) is 3.70. The summed E-state index contributed by atoms with van der Waals surface area (Å²) in [4.78, 5) is 0. The highest BCUT2D eigenvalue weighted by atomic mass is 16.3. The van der Waals surface area contributed by atoms with Crippen molar-refractivity contribution in [3.8, 4) is 12.3 Å². The SMILES string of the molecule is C#CC(O)(CCc1cc2ccccc2o1)c1ccccc1. The standard InChI is InChI=1S/C19H16O2/c1-2-19(20,16-9-4-3-5-10-16)13-12-17-14-15-8-6-7-11-18(15)21-17/h1,3-11,14,20H,12-13H2. The predicted molar refractivity (Wildman–Crippen MR) is 83.7 cm³/mol. The number of furan rings is 1. The first-order valence-electron chi connectivity index (χ1n) is 6.94. The Morgan fingerprint density at radius 3 is 2.48 bits per heavy atom. The molecule has 21 heavy (non-hydrogen) atoms. The highest BCUT2D eigenvalue weighted by molar-refractivity contribution is 5.77. The van der Waals surface area contributed by atoms with E-state index in [1.165, 1.54) is 0 Å². The summed E-state index contributed by atoms with van der Waals surface area (Å²) < 4.78 is 5.76. The van der Waals surface area contributed by atoms with Crippen LogP contribution >= 0.6 is 0 Å². The zero-order valence-electron chi connectivity index (χ0n) is 11.6. The summed E-state index contributed by atoms with van der Waals surface area (Å²) in [6.07, 6.45) is 6.56. The van der Waals surface area contributed by atoms with Gasteiger partial charge >= 0.3 is 0 Å². The van der Waals surface area contributed by atoms with Crippen LogP contribution in [0.15, 0.2) is 65.1 Å². The Hall–Kier alpha value is -2.50. The number of hydrogen-bond acceptors (Lipinski definition) is 2. The summed E-state index contributed by atoms with van der Waals surface area (Å²) in [5.74, 6) is 3.35. The molecule has 0 aliphatic rings. The molecule has 1 unspecified atom stereocenters. The highest BCUT2D eigenvalue weighted by Crippen LogP contribution is 2.27. The molecule has 1 heterocycles. The van der Waals surface area contributed by atoms with Crippen LogP contribution in [0.5, 0.6) is 0 Å². The number of rotatable bonds is 4.